The van der Waals surface area contributed by atoms with Crippen molar-refractivity contribution in [1.29, 1.82) is 0 Å². The summed E-state index contributed by atoms with van der Waals surface area (Å²) < 4.78 is 7.15. The second-order valence-corrected chi connectivity index (χ2v) is 7.85. The van der Waals surface area contributed by atoms with E-state index in [1.165, 1.54) is 22.3 Å². The first-order valence-electron chi connectivity index (χ1n) is 9.24. The summed E-state index contributed by atoms with van der Waals surface area (Å²) >= 11 is 3.53. The number of aryl methyl sites for hydroxylation is 2. The Labute approximate surface area is 169 Å². The van der Waals surface area contributed by atoms with Crippen LogP contribution in [0.5, 0.6) is 5.75 Å². The molecule has 0 bridgehead atoms. The van der Waals surface area contributed by atoms with Crippen molar-refractivity contribution in [3.63, 3.8) is 0 Å². The van der Waals surface area contributed by atoms with Crippen LogP contribution in [0.4, 0.5) is 0 Å². The van der Waals surface area contributed by atoms with Crippen molar-refractivity contribution in [2.45, 2.75) is 20.3 Å². The van der Waals surface area contributed by atoms with Crippen molar-refractivity contribution in [3.05, 3.63) is 98.5 Å². The maximum atomic E-state index is 6.06. The summed E-state index contributed by atoms with van der Waals surface area (Å²) in [7, 11) is 0. The van der Waals surface area contributed by atoms with Crippen LogP contribution in [0.3, 0.4) is 0 Å². The van der Waals surface area contributed by atoms with Crippen molar-refractivity contribution < 1.29 is 4.74 Å². The smallest absolute Gasteiger partial charge is 0.125 e. The summed E-state index contributed by atoms with van der Waals surface area (Å²) in [6.07, 6.45) is 0.971. The Morgan fingerprint density at radius 3 is 2.04 bits per heavy atom. The molecule has 0 aliphatic heterocycles. The van der Waals surface area contributed by atoms with Gasteiger partial charge in [-0.15, -0.1) is 0 Å². The summed E-state index contributed by atoms with van der Waals surface area (Å²) in [5.74, 6) is 0.961. The fourth-order valence-corrected chi connectivity index (χ4v) is 4.45. The Balaban J connectivity index is 1.57. The van der Waals surface area contributed by atoms with Gasteiger partial charge >= 0.3 is 0 Å². The molecule has 0 atom stereocenters. The molecule has 0 N–H and O–H groups in total. The van der Waals surface area contributed by atoms with Crippen LogP contribution in [0.1, 0.15) is 33.4 Å². The second kappa shape index (κ2) is 7.69. The average molecular weight is 420 g/mol. The van der Waals surface area contributed by atoms with Crippen LogP contribution in [-0.4, -0.2) is 18.9 Å². The fraction of sp³-hybridized carbons (Fsp3) is 0.208. The lowest BCUT2D eigenvalue weighted by molar-refractivity contribution is 0.324. The largest absolute Gasteiger partial charge is 0.491 e. The zero-order valence-corrected chi connectivity index (χ0v) is 17.2. The van der Waals surface area contributed by atoms with E-state index < -0.39 is 0 Å². The van der Waals surface area contributed by atoms with Crippen molar-refractivity contribution >= 4 is 21.6 Å². The zero-order chi connectivity index (χ0) is 18.8. The molecule has 27 heavy (non-hydrogen) atoms. The molecule has 0 spiro atoms. The molecule has 1 aliphatic carbocycles. The van der Waals surface area contributed by atoms with Gasteiger partial charge in [0.1, 0.15) is 12.4 Å². The molecule has 3 aromatic rings. The molecular weight excluding hydrogens is 398 g/mol. The summed E-state index contributed by atoms with van der Waals surface area (Å²) in [5, 5.41) is 0. The van der Waals surface area contributed by atoms with Crippen LogP contribution in [-0.2, 0) is 6.42 Å². The molecule has 0 saturated heterocycles. The van der Waals surface area contributed by atoms with E-state index in [1.54, 1.807) is 0 Å². The Morgan fingerprint density at radius 1 is 0.889 bits per heavy atom. The molecule has 136 valence electrons. The van der Waals surface area contributed by atoms with Crippen molar-refractivity contribution in [2.75, 3.05) is 13.2 Å². The molecule has 4 rings (SSSR count). The van der Waals surface area contributed by atoms with Gasteiger partial charge in [-0.1, -0.05) is 64.5 Å². The zero-order valence-electron chi connectivity index (χ0n) is 15.6. The first-order valence-corrected chi connectivity index (χ1v) is 10.0. The van der Waals surface area contributed by atoms with E-state index in [1.807, 2.05) is 0 Å². The van der Waals surface area contributed by atoms with E-state index in [4.69, 9.17) is 9.73 Å². The highest BCUT2D eigenvalue weighted by atomic mass is 79.9. The maximum absolute atomic E-state index is 6.06. The monoisotopic (exact) mass is 419 g/mol. The number of halogens is 1. The van der Waals surface area contributed by atoms with Gasteiger partial charge < -0.3 is 4.74 Å². The molecule has 2 nitrogen and oxygen atoms in total. The van der Waals surface area contributed by atoms with Gasteiger partial charge in [-0.05, 0) is 54.7 Å². The van der Waals surface area contributed by atoms with Crippen molar-refractivity contribution in [1.82, 2.24) is 0 Å². The van der Waals surface area contributed by atoms with Crippen LogP contribution in [0.2, 0.25) is 0 Å². The Morgan fingerprint density at radius 2 is 1.44 bits per heavy atom. The highest BCUT2D eigenvalue weighted by Crippen LogP contribution is 2.28. The predicted octanol–water partition coefficient (Wildman–Crippen LogP) is 5.89. The first-order chi connectivity index (χ1) is 13.1. The highest BCUT2D eigenvalue weighted by Gasteiger charge is 2.20. The third-order valence-electron chi connectivity index (χ3n) is 4.96. The molecule has 0 saturated carbocycles. The van der Waals surface area contributed by atoms with Crippen LogP contribution in [0.15, 0.2) is 70.1 Å². The summed E-state index contributed by atoms with van der Waals surface area (Å²) in [5.41, 5.74) is 8.54. The summed E-state index contributed by atoms with van der Waals surface area (Å²) in [6, 6.07) is 21.3. The number of rotatable bonds is 4. The van der Waals surface area contributed by atoms with Gasteiger partial charge in [-0.3, -0.25) is 4.99 Å². The predicted molar refractivity (Wildman–Crippen MR) is 115 cm³/mol. The minimum atomic E-state index is 0.567. The minimum Gasteiger partial charge on any atom is -0.491 e. The normalized spacial score (nSPS) is 12.3. The highest BCUT2D eigenvalue weighted by molar-refractivity contribution is 9.10. The number of ether oxygens (including phenoxy) is 1. The van der Waals surface area contributed by atoms with E-state index in [-0.39, 0.29) is 0 Å². The lowest BCUT2D eigenvalue weighted by atomic mass is 9.84. The Hall–Kier alpha value is -2.39. The van der Waals surface area contributed by atoms with E-state index >= 15 is 0 Å². The molecule has 1 aliphatic rings. The second-order valence-electron chi connectivity index (χ2n) is 6.94. The first kappa shape index (κ1) is 18.0. The Bertz CT molecular complexity index is 952. The molecule has 3 heteroatoms. The summed E-state index contributed by atoms with van der Waals surface area (Å²) in [6.45, 7) is 5.35. The number of nitrogens with zero attached hydrogens (tertiary/aromatic N) is 1. The number of hydrogen-bond acceptors (Lipinski definition) is 2. The molecule has 0 amide bonds. The van der Waals surface area contributed by atoms with E-state index in [2.05, 4.69) is 90.4 Å². The fourth-order valence-electron chi connectivity index (χ4n) is 3.76. The molecule has 0 unspecified atom stereocenters. The van der Waals surface area contributed by atoms with E-state index in [0.717, 1.165) is 33.5 Å². The lowest BCUT2D eigenvalue weighted by Crippen LogP contribution is -2.17. The minimum absolute atomic E-state index is 0.567. The van der Waals surface area contributed by atoms with Gasteiger partial charge in [0.25, 0.3) is 0 Å². The van der Waals surface area contributed by atoms with E-state index in [9.17, 15) is 0 Å². The van der Waals surface area contributed by atoms with Crippen molar-refractivity contribution in [2.24, 2.45) is 4.99 Å². The third-order valence-corrected chi connectivity index (χ3v) is 5.42. The topological polar surface area (TPSA) is 21.6 Å². The SMILES string of the molecule is Cc1cc(Br)cc(C)c1OCCN=C1c2ccccc2Cc2ccccc21. The van der Waals surface area contributed by atoms with Crippen LogP contribution < -0.4 is 4.74 Å². The van der Waals surface area contributed by atoms with Gasteiger partial charge in [0.05, 0.1) is 12.3 Å². The molecule has 3 aromatic carbocycles. The molecule has 0 radical (unpaired) electrons. The standard InChI is InChI=1S/C24H22BrNO/c1-16-13-20(25)14-17(2)24(16)27-12-11-26-23-21-9-5-3-7-18(21)15-19-8-4-6-10-22(19)23/h3-10,13-14H,11-12,15H2,1-2H3. The Kier molecular flexibility index (Phi) is 5.13. The summed E-state index contributed by atoms with van der Waals surface area (Å²) in [4.78, 5) is 4.94. The van der Waals surface area contributed by atoms with Crippen LogP contribution in [0.25, 0.3) is 0 Å². The molecule has 0 heterocycles. The average Bonchev–Trinajstić information content (AvgIpc) is 2.65. The molecule has 0 fully saturated rings. The van der Waals surface area contributed by atoms with Gasteiger partial charge in [-0.25, -0.2) is 0 Å². The molecule has 0 aromatic heterocycles. The lowest BCUT2D eigenvalue weighted by Gasteiger charge is -2.21. The quantitative estimate of drug-likeness (QED) is 0.378. The number of benzene rings is 3. The van der Waals surface area contributed by atoms with E-state index in [0.29, 0.717) is 13.2 Å². The molecular formula is C24H22BrNO. The number of hydrogen-bond donors (Lipinski definition) is 0. The van der Waals surface area contributed by atoms with Gasteiger partial charge in [0, 0.05) is 15.6 Å². The van der Waals surface area contributed by atoms with Crippen LogP contribution in [0, 0.1) is 13.8 Å². The van der Waals surface area contributed by atoms with Gasteiger partial charge in [-0.2, -0.15) is 0 Å². The maximum Gasteiger partial charge on any atom is 0.125 e. The third kappa shape index (κ3) is 3.70. The van der Waals surface area contributed by atoms with Crippen LogP contribution >= 0.6 is 15.9 Å². The van der Waals surface area contributed by atoms with Crippen molar-refractivity contribution in [3.8, 4) is 5.75 Å². The number of fused-ring (bicyclic) bond motifs is 2. The van der Waals surface area contributed by atoms with Gasteiger partial charge in [0.2, 0.25) is 0 Å². The number of aliphatic imine (C=N–C) groups is 1. The van der Waals surface area contributed by atoms with Gasteiger partial charge in [0.15, 0.2) is 0 Å².